The molecule has 0 aromatic heterocycles. The Hall–Kier alpha value is -0.640. The molecule has 4 heteroatoms. The monoisotopic (exact) mass is 229 g/mol. The molecule has 0 bridgehead atoms. The molecule has 1 aliphatic carbocycles. The maximum Gasteiger partial charge on any atom is 0.142 e. The summed E-state index contributed by atoms with van der Waals surface area (Å²) < 4.78 is 13.3. The van der Waals surface area contributed by atoms with Gasteiger partial charge in [0.15, 0.2) is 0 Å². The van der Waals surface area contributed by atoms with Gasteiger partial charge in [-0.1, -0.05) is 23.7 Å². The Morgan fingerprint density at radius 2 is 2.33 bits per heavy atom. The lowest BCUT2D eigenvalue weighted by Gasteiger charge is -2.16. The van der Waals surface area contributed by atoms with Crippen molar-refractivity contribution < 1.29 is 9.50 Å². The highest BCUT2D eigenvalue weighted by Crippen LogP contribution is 2.55. The van der Waals surface area contributed by atoms with Gasteiger partial charge >= 0.3 is 0 Å². The van der Waals surface area contributed by atoms with E-state index in [4.69, 9.17) is 22.4 Å². The quantitative estimate of drug-likeness (QED) is 0.829. The molecule has 0 saturated heterocycles. The highest BCUT2D eigenvalue weighted by molar-refractivity contribution is 6.31. The van der Waals surface area contributed by atoms with Crippen LogP contribution >= 0.6 is 11.6 Å². The normalized spacial score (nSPS) is 29.2. The first kappa shape index (κ1) is 10.9. The molecule has 0 amide bonds. The van der Waals surface area contributed by atoms with Gasteiger partial charge in [-0.25, -0.2) is 4.39 Å². The summed E-state index contributed by atoms with van der Waals surface area (Å²) in [5.74, 6) is -0.313. The summed E-state index contributed by atoms with van der Waals surface area (Å²) in [6, 6.07) is 4.74. The molecule has 0 radical (unpaired) electrons. The summed E-state index contributed by atoms with van der Waals surface area (Å²) in [6.45, 7) is 0.464. The second-order valence-electron chi connectivity index (χ2n) is 4.05. The molecule has 1 aromatic rings. The van der Waals surface area contributed by atoms with Crippen molar-refractivity contribution in [1.29, 1.82) is 0 Å². The van der Waals surface area contributed by atoms with Gasteiger partial charge in [-0.2, -0.15) is 0 Å². The smallest absolute Gasteiger partial charge is 0.142 e. The third-order valence-electron chi connectivity index (χ3n) is 3.30. The fourth-order valence-electron chi connectivity index (χ4n) is 2.20. The van der Waals surface area contributed by atoms with E-state index in [1.54, 1.807) is 12.1 Å². The summed E-state index contributed by atoms with van der Waals surface area (Å²) in [7, 11) is 0. The molecule has 2 nitrogen and oxygen atoms in total. The second-order valence-corrected chi connectivity index (χ2v) is 4.42. The Kier molecular flexibility index (Phi) is 2.71. The zero-order chi connectivity index (χ0) is 11.1. The predicted molar refractivity (Wildman–Crippen MR) is 57.3 cm³/mol. The van der Waals surface area contributed by atoms with Crippen molar-refractivity contribution in [2.45, 2.75) is 11.8 Å². The van der Waals surface area contributed by atoms with Crippen molar-refractivity contribution in [3.8, 4) is 0 Å². The molecule has 1 aliphatic rings. The molecular formula is C11H13ClFNO. The fourth-order valence-corrected chi connectivity index (χ4v) is 2.51. The van der Waals surface area contributed by atoms with Crippen LogP contribution in [0.15, 0.2) is 18.2 Å². The van der Waals surface area contributed by atoms with Crippen molar-refractivity contribution in [1.82, 2.24) is 0 Å². The number of aliphatic hydroxyl groups is 1. The predicted octanol–water partition coefficient (Wildman–Crippen LogP) is 1.69. The van der Waals surface area contributed by atoms with E-state index in [0.717, 1.165) is 12.0 Å². The second kappa shape index (κ2) is 3.74. The van der Waals surface area contributed by atoms with Crippen LogP contribution in [0.4, 0.5) is 4.39 Å². The van der Waals surface area contributed by atoms with Gasteiger partial charge < -0.3 is 10.8 Å². The van der Waals surface area contributed by atoms with E-state index < -0.39 is 5.82 Å². The Labute approximate surface area is 92.9 Å². The van der Waals surface area contributed by atoms with Crippen LogP contribution < -0.4 is 5.73 Å². The van der Waals surface area contributed by atoms with Gasteiger partial charge in [-0.15, -0.1) is 0 Å². The van der Waals surface area contributed by atoms with E-state index >= 15 is 0 Å². The minimum Gasteiger partial charge on any atom is -0.396 e. The van der Waals surface area contributed by atoms with Crippen LogP contribution in [0.1, 0.15) is 12.0 Å². The summed E-state index contributed by atoms with van der Waals surface area (Å²) in [5, 5.41) is 9.24. The Morgan fingerprint density at radius 1 is 1.60 bits per heavy atom. The van der Waals surface area contributed by atoms with Gasteiger partial charge in [0.25, 0.3) is 0 Å². The lowest BCUT2D eigenvalue weighted by atomic mass is 9.93. The van der Waals surface area contributed by atoms with Crippen molar-refractivity contribution in [2.75, 3.05) is 13.2 Å². The molecule has 1 fully saturated rings. The van der Waals surface area contributed by atoms with E-state index in [2.05, 4.69) is 0 Å². The van der Waals surface area contributed by atoms with E-state index in [-0.39, 0.29) is 23.0 Å². The van der Waals surface area contributed by atoms with Crippen molar-refractivity contribution >= 4 is 11.6 Å². The molecule has 1 aromatic carbocycles. The van der Waals surface area contributed by atoms with E-state index in [1.807, 2.05) is 0 Å². The van der Waals surface area contributed by atoms with Crippen molar-refractivity contribution in [3.63, 3.8) is 0 Å². The molecule has 2 rings (SSSR count). The van der Waals surface area contributed by atoms with Gasteiger partial charge in [0.1, 0.15) is 5.82 Å². The number of benzene rings is 1. The zero-order valence-electron chi connectivity index (χ0n) is 8.21. The molecule has 15 heavy (non-hydrogen) atoms. The number of hydrogen-bond acceptors (Lipinski definition) is 2. The molecule has 0 spiro atoms. The highest BCUT2D eigenvalue weighted by atomic mass is 35.5. The summed E-state index contributed by atoms with van der Waals surface area (Å²) in [6.07, 6.45) is 0.781. The summed E-state index contributed by atoms with van der Waals surface area (Å²) in [5.41, 5.74) is 6.11. The van der Waals surface area contributed by atoms with Crippen molar-refractivity contribution in [2.24, 2.45) is 11.7 Å². The molecule has 0 heterocycles. The maximum absolute atomic E-state index is 13.3. The van der Waals surface area contributed by atoms with Crippen LogP contribution in [-0.2, 0) is 5.41 Å². The molecule has 1 unspecified atom stereocenters. The fraction of sp³-hybridized carbons (Fsp3) is 0.455. The minimum atomic E-state index is -0.425. The van der Waals surface area contributed by atoms with Gasteiger partial charge in [0, 0.05) is 18.6 Å². The third kappa shape index (κ3) is 1.55. The Balaban J connectivity index is 2.41. The topological polar surface area (TPSA) is 46.2 Å². The third-order valence-corrected chi connectivity index (χ3v) is 3.69. The van der Waals surface area contributed by atoms with E-state index in [0.29, 0.717) is 6.54 Å². The Morgan fingerprint density at radius 3 is 2.87 bits per heavy atom. The lowest BCUT2D eigenvalue weighted by Crippen LogP contribution is -2.24. The van der Waals surface area contributed by atoms with Gasteiger partial charge in [-0.3, -0.25) is 0 Å². The van der Waals surface area contributed by atoms with Crippen LogP contribution in [0.25, 0.3) is 0 Å². The maximum atomic E-state index is 13.3. The number of hydrogen-bond donors (Lipinski definition) is 2. The lowest BCUT2D eigenvalue weighted by molar-refractivity contribution is 0.264. The van der Waals surface area contributed by atoms with Crippen LogP contribution in [0.2, 0.25) is 5.02 Å². The number of halogens is 2. The summed E-state index contributed by atoms with van der Waals surface area (Å²) >= 11 is 5.91. The highest BCUT2D eigenvalue weighted by Gasteiger charge is 2.54. The number of rotatable bonds is 3. The molecular weight excluding hydrogens is 217 g/mol. The SMILES string of the molecule is NC[C@@]1(c2cccc(F)c2Cl)CC1CO. The first-order chi connectivity index (χ1) is 7.15. The van der Waals surface area contributed by atoms with Crippen LogP contribution in [-0.4, -0.2) is 18.3 Å². The first-order valence-electron chi connectivity index (χ1n) is 4.91. The van der Waals surface area contributed by atoms with E-state index in [1.165, 1.54) is 6.07 Å². The van der Waals surface area contributed by atoms with Crippen LogP contribution in [0.3, 0.4) is 0 Å². The molecule has 1 saturated carbocycles. The van der Waals surface area contributed by atoms with Gasteiger partial charge in [0.05, 0.1) is 5.02 Å². The van der Waals surface area contributed by atoms with Crippen LogP contribution in [0, 0.1) is 11.7 Å². The standard InChI is InChI=1S/C11H13ClFNO/c12-10-8(2-1-3-9(10)13)11(6-14)4-7(11)5-15/h1-3,7,15H,4-6,14H2/t7?,11-/m0/s1. The molecule has 2 atom stereocenters. The van der Waals surface area contributed by atoms with Gasteiger partial charge in [0.2, 0.25) is 0 Å². The molecule has 3 N–H and O–H groups in total. The summed E-state index contributed by atoms with van der Waals surface area (Å²) in [4.78, 5) is 0. The molecule has 0 aliphatic heterocycles. The first-order valence-corrected chi connectivity index (χ1v) is 5.29. The van der Waals surface area contributed by atoms with E-state index in [9.17, 15) is 4.39 Å². The number of nitrogens with two attached hydrogens (primary N) is 1. The number of aliphatic hydroxyl groups excluding tert-OH is 1. The average Bonchev–Trinajstić information content (AvgIpc) is 2.97. The zero-order valence-corrected chi connectivity index (χ0v) is 8.97. The Bertz CT molecular complexity index is 385. The minimum absolute atomic E-state index is 0.0735. The molecule has 82 valence electrons. The van der Waals surface area contributed by atoms with Gasteiger partial charge in [-0.05, 0) is 24.0 Å². The van der Waals surface area contributed by atoms with Crippen LogP contribution in [0.5, 0.6) is 0 Å². The average molecular weight is 230 g/mol. The van der Waals surface area contributed by atoms with Crippen molar-refractivity contribution in [3.05, 3.63) is 34.6 Å². The largest absolute Gasteiger partial charge is 0.396 e.